The molecule has 2 atom stereocenters. The third-order valence-electron chi connectivity index (χ3n) is 2.81. The van der Waals surface area contributed by atoms with Gasteiger partial charge in [0.25, 0.3) is 0 Å². The maximum Gasteiger partial charge on any atom is 0.0813 e. The SMILES string of the molecule is CCC(C)(OC)C(CC(C)C)NN. The molecular formula is C10H24N2O. The lowest BCUT2D eigenvalue weighted by molar-refractivity contribution is -0.0341. The maximum absolute atomic E-state index is 5.53. The van der Waals surface area contributed by atoms with Crippen LogP contribution in [0.4, 0.5) is 0 Å². The van der Waals surface area contributed by atoms with E-state index in [-0.39, 0.29) is 11.6 Å². The van der Waals surface area contributed by atoms with Crippen LogP contribution in [-0.4, -0.2) is 18.8 Å². The molecule has 0 heterocycles. The number of methoxy groups -OCH3 is 1. The van der Waals surface area contributed by atoms with Gasteiger partial charge in [-0.05, 0) is 25.7 Å². The predicted octanol–water partition coefficient (Wildman–Crippen LogP) is 1.68. The van der Waals surface area contributed by atoms with Gasteiger partial charge in [-0.25, -0.2) is 0 Å². The molecule has 80 valence electrons. The first kappa shape index (κ1) is 12.9. The maximum atomic E-state index is 5.53. The van der Waals surface area contributed by atoms with Gasteiger partial charge < -0.3 is 4.74 Å². The first-order valence-electron chi connectivity index (χ1n) is 5.01. The second-order valence-electron chi connectivity index (χ2n) is 4.22. The molecule has 0 fully saturated rings. The highest BCUT2D eigenvalue weighted by Crippen LogP contribution is 2.23. The zero-order valence-electron chi connectivity index (χ0n) is 9.55. The smallest absolute Gasteiger partial charge is 0.0813 e. The van der Waals surface area contributed by atoms with E-state index in [4.69, 9.17) is 10.6 Å². The molecule has 3 nitrogen and oxygen atoms in total. The Labute approximate surface area is 82.0 Å². The van der Waals surface area contributed by atoms with Gasteiger partial charge in [0.05, 0.1) is 11.6 Å². The molecule has 3 N–H and O–H groups in total. The van der Waals surface area contributed by atoms with E-state index in [1.165, 1.54) is 0 Å². The van der Waals surface area contributed by atoms with Crippen molar-refractivity contribution >= 4 is 0 Å². The molecule has 0 radical (unpaired) electrons. The summed E-state index contributed by atoms with van der Waals surface area (Å²) in [5.74, 6) is 6.16. The molecule has 0 aliphatic rings. The Hall–Kier alpha value is -0.120. The summed E-state index contributed by atoms with van der Waals surface area (Å²) in [5.41, 5.74) is 2.70. The van der Waals surface area contributed by atoms with Gasteiger partial charge in [-0.3, -0.25) is 11.3 Å². The fraction of sp³-hybridized carbons (Fsp3) is 1.00. The molecule has 0 spiro atoms. The highest BCUT2D eigenvalue weighted by Gasteiger charge is 2.31. The zero-order chi connectivity index (χ0) is 10.5. The Kier molecular flexibility index (Phi) is 5.53. The lowest BCUT2D eigenvalue weighted by Gasteiger charge is -2.36. The molecular weight excluding hydrogens is 164 g/mol. The van der Waals surface area contributed by atoms with Crippen LogP contribution >= 0.6 is 0 Å². The number of rotatable bonds is 6. The summed E-state index contributed by atoms with van der Waals surface area (Å²) in [7, 11) is 1.74. The summed E-state index contributed by atoms with van der Waals surface area (Å²) in [5, 5.41) is 0. The first-order chi connectivity index (χ1) is 6.00. The van der Waals surface area contributed by atoms with Gasteiger partial charge in [-0.1, -0.05) is 20.8 Å². The predicted molar refractivity (Wildman–Crippen MR) is 56.3 cm³/mol. The van der Waals surface area contributed by atoms with Gasteiger partial charge in [-0.2, -0.15) is 0 Å². The summed E-state index contributed by atoms with van der Waals surface area (Å²) in [4.78, 5) is 0. The molecule has 0 bridgehead atoms. The summed E-state index contributed by atoms with van der Waals surface area (Å²) >= 11 is 0. The number of hydrogen-bond donors (Lipinski definition) is 2. The molecule has 0 amide bonds. The van der Waals surface area contributed by atoms with Crippen LogP contribution in [0.2, 0.25) is 0 Å². The van der Waals surface area contributed by atoms with Crippen LogP contribution in [0.15, 0.2) is 0 Å². The van der Waals surface area contributed by atoms with Gasteiger partial charge in [0.1, 0.15) is 0 Å². The summed E-state index contributed by atoms with van der Waals surface area (Å²) in [6.07, 6.45) is 2.00. The zero-order valence-corrected chi connectivity index (χ0v) is 9.55. The fourth-order valence-corrected chi connectivity index (χ4v) is 1.50. The summed E-state index contributed by atoms with van der Waals surface area (Å²) in [6, 6.07) is 0.225. The van der Waals surface area contributed by atoms with Crippen LogP contribution in [0.5, 0.6) is 0 Å². The van der Waals surface area contributed by atoms with Crippen molar-refractivity contribution in [3.8, 4) is 0 Å². The molecule has 3 heteroatoms. The van der Waals surface area contributed by atoms with E-state index in [0.717, 1.165) is 12.8 Å². The Morgan fingerprint density at radius 1 is 1.46 bits per heavy atom. The number of nitrogens with two attached hydrogens (primary N) is 1. The molecule has 0 aliphatic carbocycles. The largest absolute Gasteiger partial charge is 0.377 e. The monoisotopic (exact) mass is 188 g/mol. The van der Waals surface area contributed by atoms with Crippen LogP contribution in [-0.2, 0) is 4.74 Å². The molecule has 0 aromatic heterocycles. The van der Waals surface area contributed by atoms with E-state index in [2.05, 4.69) is 33.1 Å². The Bertz CT molecular complexity index is 133. The average Bonchev–Trinajstić information content (AvgIpc) is 2.12. The van der Waals surface area contributed by atoms with Crippen LogP contribution < -0.4 is 11.3 Å². The third kappa shape index (κ3) is 3.63. The summed E-state index contributed by atoms with van der Waals surface area (Å²) < 4.78 is 5.50. The third-order valence-corrected chi connectivity index (χ3v) is 2.81. The van der Waals surface area contributed by atoms with E-state index in [9.17, 15) is 0 Å². The number of hydrazine groups is 1. The second kappa shape index (κ2) is 5.58. The van der Waals surface area contributed by atoms with E-state index < -0.39 is 0 Å². The van der Waals surface area contributed by atoms with E-state index in [1.54, 1.807) is 7.11 Å². The lowest BCUT2D eigenvalue weighted by Crippen LogP contribution is -2.53. The number of nitrogens with one attached hydrogen (secondary N) is 1. The number of hydrogen-bond acceptors (Lipinski definition) is 3. The minimum Gasteiger partial charge on any atom is -0.377 e. The molecule has 0 aromatic rings. The van der Waals surface area contributed by atoms with Crippen LogP contribution in [0.25, 0.3) is 0 Å². The Morgan fingerprint density at radius 2 is 2.00 bits per heavy atom. The molecule has 0 saturated heterocycles. The summed E-state index contributed by atoms with van der Waals surface area (Å²) in [6.45, 7) is 8.60. The second-order valence-corrected chi connectivity index (χ2v) is 4.22. The molecule has 0 aliphatic heterocycles. The normalized spacial score (nSPS) is 18.7. The van der Waals surface area contributed by atoms with Gasteiger partial charge in [0.15, 0.2) is 0 Å². The number of ether oxygens (including phenoxy) is 1. The van der Waals surface area contributed by atoms with E-state index >= 15 is 0 Å². The van der Waals surface area contributed by atoms with Gasteiger partial charge in [-0.15, -0.1) is 0 Å². The van der Waals surface area contributed by atoms with Crippen molar-refractivity contribution in [1.82, 2.24) is 5.43 Å². The molecule has 0 rings (SSSR count). The molecule has 2 unspecified atom stereocenters. The van der Waals surface area contributed by atoms with E-state index in [1.807, 2.05) is 0 Å². The lowest BCUT2D eigenvalue weighted by atomic mass is 9.87. The molecule has 0 aromatic carbocycles. The minimum absolute atomic E-state index is 0.154. The van der Waals surface area contributed by atoms with Crippen molar-refractivity contribution in [2.45, 2.75) is 52.2 Å². The van der Waals surface area contributed by atoms with Crippen LogP contribution in [0.3, 0.4) is 0 Å². The van der Waals surface area contributed by atoms with Crippen molar-refractivity contribution in [3.05, 3.63) is 0 Å². The van der Waals surface area contributed by atoms with Crippen molar-refractivity contribution in [2.75, 3.05) is 7.11 Å². The fourth-order valence-electron chi connectivity index (χ4n) is 1.50. The minimum atomic E-state index is -0.154. The standard InChI is InChI=1S/C10H24N2O/c1-6-10(4,13-5)9(12-11)7-8(2)3/h8-9,12H,6-7,11H2,1-5H3. The highest BCUT2D eigenvalue weighted by molar-refractivity contribution is 4.87. The van der Waals surface area contributed by atoms with Crippen molar-refractivity contribution in [3.63, 3.8) is 0 Å². The molecule has 13 heavy (non-hydrogen) atoms. The van der Waals surface area contributed by atoms with Gasteiger partial charge in [0, 0.05) is 7.11 Å². The Morgan fingerprint density at radius 3 is 2.23 bits per heavy atom. The van der Waals surface area contributed by atoms with Gasteiger partial charge in [0.2, 0.25) is 0 Å². The first-order valence-corrected chi connectivity index (χ1v) is 5.01. The van der Waals surface area contributed by atoms with Crippen LogP contribution in [0, 0.1) is 5.92 Å². The average molecular weight is 188 g/mol. The van der Waals surface area contributed by atoms with Crippen molar-refractivity contribution in [2.24, 2.45) is 11.8 Å². The topological polar surface area (TPSA) is 47.3 Å². The molecule has 0 saturated carbocycles. The Balaban J connectivity index is 4.34. The quantitative estimate of drug-likeness (QED) is 0.492. The van der Waals surface area contributed by atoms with Crippen LogP contribution in [0.1, 0.15) is 40.5 Å². The van der Waals surface area contributed by atoms with Crippen molar-refractivity contribution < 1.29 is 4.74 Å². The van der Waals surface area contributed by atoms with Gasteiger partial charge >= 0.3 is 0 Å². The van der Waals surface area contributed by atoms with E-state index in [0.29, 0.717) is 5.92 Å². The highest BCUT2D eigenvalue weighted by atomic mass is 16.5. The van der Waals surface area contributed by atoms with Crippen molar-refractivity contribution in [1.29, 1.82) is 0 Å².